The topological polar surface area (TPSA) is 28.1 Å². The molecule has 0 saturated carbocycles. The number of hydrogen-bond donors (Lipinski definition) is 0. The van der Waals surface area contributed by atoms with Gasteiger partial charge in [-0.25, -0.2) is 0 Å². The molecular weight excluding hydrogens is 274 g/mol. The lowest BCUT2D eigenvalue weighted by atomic mass is 9.89. The second-order valence-corrected chi connectivity index (χ2v) is 6.54. The molecule has 0 aromatic rings. The van der Waals surface area contributed by atoms with Gasteiger partial charge in [0.2, 0.25) is 0 Å². The van der Waals surface area contributed by atoms with Crippen LogP contribution >= 0.6 is 0 Å². The van der Waals surface area contributed by atoms with E-state index in [1.54, 1.807) is 0 Å². The van der Waals surface area contributed by atoms with E-state index in [-0.39, 0.29) is 0 Å². The first-order valence-corrected chi connectivity index (χ1v) is 8.79. The van der Waals surface area contributed by atoms with E-state index in [2.05, 4.69) is 35.8 Å². The fraction of sp³-hybridized carbons (Fsp3) is 0.722. The summed E-state index contributed by atoms with van der Waals surface area (Å²) in [6.07, 6.45) is 8.24. The molecule has 1 unspecified atom stereocenters. The van der Waals surface area contributed by atoms with E-state index in [1.807, 2.05) is 0 Å². The SMILES string of the molecule is CCCCN1CCN=C1C1CC(C)=CC=C1N1CCOCC1. The predicted molar refractivity (Wildman–Crippen MR) is 91.1 cm³/mol. The van der Waals surface area contributed by atoms with Crippen molar-refractivity contribution in [3.63, 3.8) is 0 Å². The van der Waals surface area contributed by atoms with Crippen LogP contribution in [0.3, 0.4) is 0 Å². The minimum Gasteiger partial charge on any atom is -0.378 e. The summed E-state index contributed by atoms with van der Waals surface area (Å²) in [7, 11) is 0. The van der Waals surface area contributed by atoms with E-state index in [0.717, 1.165) is 52.4 Å². The highest BCUT2D eigenvalue weighted by Crippen LogP contribution is 2.31. The summed E-state index contributed by atoms with van der Waals surface area (Å²) < 4.78 is 5.52. The van der Waals surface area contributed by atoms with Crippen LogP contribution in [-0.2, 0) is 4.74 Å². The lowest BCUT2D eigenvalue weighted by Crippen LogP contribution is -2.43. The van der Waals surface area contributed by atoms with Crippen molar-refractivity contribution in [2.24, 2.45) is 10.9 Å². The molecule has 4 nitrogen and oxygen atoms in total. The third kappa shape index (κ3) is 3.37. The maximum atomic E-state index is 5.52. The van der Waals surface area contributed by atoms with Crippen LogP contribution in [0, 0.1) is 5.92 Å². The van der Waals surface area contributed by atoms with Crippen LogP contribution in [0.5, 0.6) is 0 Å². The molecule has 1 fully saturated rings. The first-order chi connectivity index (χ1) is 10.8. The summed E-state index contributed by atoms with van der Waals surface area (Å²) in [6.45, 7) is 11.4. The van der Waals surface area contributed by atoms with Crippen LogP contribution in [0.1, 0.15) is 33.1 Å². The fourth-order valence-corrected chi connectivity index (χ4v) is 3.62. The summed E-state index contributed by atoms with van der Waals surface area (Å²) in [4.78, 5) is 9.93. The monoisotopic (exact) mass is 303 g/mol. The van der Waals surface area contributed by atoms with Gasteiger partial charge in [0.15, 0.2) is 0 Å². The number of ether oxygens (including phenoxy) is 1. The van der Waals surface area contributed by atoms with Crippen LogP contribution in [0.4, 0.5) is 0 Å². The molecular formula is C18H29N3O. The molecule has 0 amide bonds. The van der Waals surface area contributed by atoms with Gasteiger partial charge in [-0.05, 0) is 25.8 Å². The van der Waals surface area contributed by atoms with Crippen LogP contribution in [0.15, 0.2) is 28.4 Å². The molecule has 1 atom stereocenters. The van der Waals surface area contributed by atoms with E-state index in [9.17, 15) is 0 Å². The Balaban J connectivity index is 1.77. The average molecular weight is 303 g/mol. The number of morpholine rings is 1. The van der Waals surface area contributed by atoms with Crippen LogP contribution in [0.2, 0.25) is 0 Å². The third-order valence-corrected chi connectivity index (χ3v) is 4.86. The van der Waals surface area contributed by atoms with Gasteiger partial charge in [0, 0.05) is 31.9 Å². The highest BCUT2D eigenvalue weighted by Gasteiger charge is 2.32. The molecule has 0 radical (unpaired) electrons. The molecule has 2 heterocycles. The Morgan fingerprint density at radius 3 is 2.82 bits per heavy atom. The number of unbranched alkanes of at least 4 members (excludes halogenated alkanes) is 1. The second kappa shape index (κ2) is 7.32. The molecule has 1 aliphatic carbocycles. The molecule has 122 valence electrons. The van der Waals surface area contributed by atoms with Crippen molar-refractivity contribution in [1.82, 2.24) is 9.80 Å². The van der Waals surface area contributed by atoms with Crippen molar-refractivity contribution in [2.45, 2.75) is 33.1 Å². The molecule has 0 N–H and O–H groups in total. The van der Waals surface area contributed by atoms with Crippen molar-refractivity contribution in [2.75, 3.05) is 45.9 Å². The number of amidine groups is 1. The Morgan fingerprint density at radius 2 is 2.05 bits per heavy atom. The van der Waals surface area contributed by atoms with Gasteiger partial charge in [-0.1, -0.05) is 25.0 Å². The van der Waals surface area contributed by atoms with Gasteiger partial charge in [-0.3, -0.25) is 4.99 Å². The zero-order valence-corrected chi connectivity index (χ0v) is 14.1. The maximum absolute atomic E-state index is 5.52. The van der Waals surface area contributed by atoms with Crippen molar-refractivity contribution in [1.29, 1.82) is 0 Å². The van der Waals surface area contributed by atoms with E-state index in [1.165, 1.54) is 29.9 Å². The minimum absolute atomic E-state index is 0.447. The molecule has 2 aliphatic heterocycles. The Hall–Kier alpha value is -1.29. The van der Waals surface area contributed by atoms with Gasteiger partial charge in [0.1, 0.15) is 5.84 Å². The minimum atomic E-state index is 0.447. The highest BCUT2D eigenvalue weighted by molar-refractivity contribution is 5.89. The van der Waals surface area contributed by atoms with Gasteiger partial charge in [0.25, 0.3) is 0 Å². The van der Waals surface area contributed by atoms with Gasteiger partial charge >= 0.3 is 0 Å². The fourth-order valence-electron chi connectivity index (χ4n) is 3.62. The van der Waals surface area contributed by atoms with Gasteiger partial charge in [0.05, 0.1) is 25.7 Å². The lowest BCUT2D eigenvalue weighted by molar-refractivity contribution is 0.0500. The molecule has 0 spiro atoms. The summed E-state index contributed by atoms with van der Waals surface area (Å²) in [5.41, 5.74) is 2.92. The molecule has 0 aromatic heterocycles. The smallest absolute Gasteiger partial charge is 0.108 e. The maximum Gasteiger partial charge on any atom is 0.108 e. The normalized spacial score (nSPS) is 25.9. The summed E-state index contributed by atoms with van der Waals surface area (Å²) in [5.74, 6) is 1.78. The lowest BCUT2D eigenvalue weighted by Gasteiger charge is -2.38. The molecule has 3 aliphatic rings. The first-order valence-electron chi connectivity index (χ1n) is 8.79. The zero-order valence-electron chi connectivity index (χ0n) is 14.1. The average Bonchev–Trinajstić information content (AvgIpc) is 3.02. The third-order valence-electron chi connectivity index (χ3n) is 4.86. The summed E-state index contributed by atoms with van der Waals surface area (Å²) >= 11 is 0. The molecule has 0 bridgehead atoms. The molecule has 22 heavy (non-hydrogen) atoms. The summed E-state index contributed by atoms with van der Waals surface area (Å²) in [6, 6.07) is 0. The predicted octanol–water partition coefficient (Wildman–Crippen LogP) is 2.68. The summed E-state index contributed by atoms with van der Waals surface area (Å²) in [5, 5.41) is 0. The Labute approximate surface area is 134 Å². The molecule has 0 aromatic carbocycles. The Kier molecular flexibility index (Phi) is 5.19. The zero-order chi connectivity index (χ0) is 15.4. The van der Waals surface area contributed by atoms with E-state index >= 15 is 0 Å². The molecule has 4 heteroatoms. The van der Waals surface area contributed by atoms with Crippen molar-refractivity contribution in [3.8, 4) is 0 Å². The molecule has 1 saturated heterocycles. The van der Waals surface area contributed by atoms with Crippen LogP contribution in [-0.4, -0.2) is 61.6 Å². The Bertz CT molecular complexity index is 475. The number of allylic oxidation sites excluding steroid dienone is 3. The number of aliphatic imine (C=N–C) groups is 1. The van der Waals surface area contributed by atoms with Crippen molar-refractivity contribution < 1.29 is 4.74 Å². The second-order valence-electron chi connectivity index (χ2n) is 6.54. The van der Waals surface area contributed by atoms with Crippen LogP contribution < -0.4 is 0 Å². The molecule has 3 rings (SSSR count). The van der Waals surface area contributed by atoms with Gasteiger partial charge < -0.3 is 14.5 Å². The largest absolute Gasteiger partial charge is 0.378 e. The van der Waals surface area contributed by atoms with Gasteiger partial charge in [-0.15, -0.1) is 0 Å². The van der Waals surface area contributed by atoms with E-state index < -0.39 is 0 Å². The first kappa shape index (κ1) is 15.6. The number of hydrogen-bond acceptors (Lipinski definition) is 4. The number of rotatable bonds is 5. The van der Waals surface area contributed by atoms with E-state index in [4.69, 9.17) is 9.73 Å². The van der Waals surface area contributed by atoms with Crippen molar-refractivity contribution in [3.05, 3.63) is 23.4 Å². The standard InChI is InChI=1S/C18H29N3O/c1-3-4-8-21-9-7-19-18(21)16-14-15(2)5-6-17(16)20-10-12-22-13-11-20/h5-6,16H,3-4,7-14H2,1-2H3. The van der Waals surface area contributed by atoms with Gasteiger partial charge in [-0.2, -0.15) is 0 Å². The van der Waals surface area contributed by atoms with E-state index in [0.29, 0.717) is 5.92 Å². The number of nitrogens with zero attached hydrogens (tertiary/aromatic N) is 3. The Morgan fingerprint density at radius 1 is 1.23 bits per heavy atom. The van der Waals surface area contributed by atoms with Crippen molar-refractivity contribution >= 4 is 5.84 Å². The quantitative estimate of drug-likeness (QED) is 0.781. The highest BCUT2D eigenvalue weighted by atomic mass is 16.5. The van der Waals surface area contributed by atoms with Crippen LogP contribution in [0.25, 0.3) is 0 Å².